The first kappa shape index (κ1) is 15.0. The number of hydrogen-bond donors (Lipinski definition) is 2. The molecule has 5 nitrogen and oxygen atoms in total. The second-order valence-electron chi connectivity index (χ2n) is 4.96. The quantitative estimate of drug-likeness (QED) is 0.810. The van der Waals surface area contributed by atoms with Gasteiger partial charge in [-0.1, -0.05) is 6.92 Å². The molecular weight excluding hydrogens is 276 g/mol. The van der Waals surface area contributed by atoms with Crippen LogP contribution in [0, 0.1) is 0 Å². The molecule has 2 heterocycles. The number of carbonyl (C=O) groups is 2. The van der Waals surface area contributed by atoms with Gasteiger partial charge in [0.25, 0.3) is 0 Å². The predicted molar refractivity (Wildman–Crippen MR) is 78.4 cm³/mol. The number of hydrogen-bond acceptors (Lipinski definition) is 4. The Bertz CT molecular complexity index is 525. The topological polar surface area (TPSA) is 59.8 Å². The fraction of sp³-hybridized carbons (Fsp3) is 0.571. The van der Waals surface area contributed by atoms with Gasteiger partial charge in [-0.05, 0) is 12.5 Å². The number of quaternary nitrogens is 1. The normalized spacial score (nSPS) is 17.4. The number of fused-ring (bicyclic) bond motifs is 1. The molecule has 0 saturated carbocycles. The lowest BCUT2D eigenvalue weighted by molar-refractivity contribution is -0.895. The molecule has 1 aromatic heterocycles. The Kier molecular flexibility index (Phi) is 4.77. The van der Waals surface area contributed by atoms with E-state index in [1.165, 1.54) is 21.1 Å². The molecule has 0 radical (unpaired) electrons. The fourth-order valence-corrected chi connectivity index (χ4v) is 3.71. The van der Waals surface area contributed by atoms with Crippen molar-refractivity contribution in [3.05, 3.63) is 16.0 Å². The average molecular weight is 297 g/mol. The van der Waals surface area contributed by atoms with Crippen LogP contribution in [0.5, 0.6) is 0 Å². The SMILES string of the molecule is CCOC(=O)c1c(NC(=O)CC)sc2c1CC[NH+](C)C2. The molecule has 20 heavy (non-hydrogen) atoms. The van der Waals surface area contributed by atoms with Gasteiger partial charge in [0.2, 0.25) is 5.91 Å². The van der Waals surface area contributed by atoms with E-state index in [0.29, 0.717) is 23.6 Å². The Morgan fingerprint density at radius 3 is 2.80 bits per heavy atom. The van der Waals surface area contributed by atoms with Gasteiger partial charge in [0.1, 0.15) is 11.5 Å². The maximum atomic E-state index is 12.2. The highest BCUT2D eigenvalue weighted by Crippen LogP contribution is 2.35. The van der Waals surface area contributed by atoms with Gasteiger partial charge in [-0.15, -0.1) is 11.3 Å². The van der Waals surface area contributed by atoms with Crippen LogP contribution in [0.15, 0.2) is 0 Å². The van der Waals surface area contributed by atoms with E-state index in [0.717, 1.165) is 25.1 Å². The summed E-state index contributed by atoms with van der Waals surface area (Å²) in [6.07, 6.45) is 1.25. The molecule has 6 heteroatoms. The Morgan fingerprint density at radius 1 is 1.40 bits per heavy atom. The lowest BCUT2D eigenvalue weighted by atomic mass is 10.0. The third kappa shape index (κ3) is 3.02. The van der Waals surface area contributed by atoms with E-state index in [-0.39, 0.29) is 11.9 Å². The summed E-state index contributed by atoms with van der Waals surface area (Å²) in [7, 11) is 2.14. The van der Waals surface area contributed by atoms with Gasteiger partial charge in [0.05, 0.1) is 30.6 Å². The minimum absolute atomic E-state index is 0.0742. The van der Waals surface area contributed by atoms with E-state index in [2.05, 4.69) is 12.4 Å². The number of rotatable bonds is 4. The zero-order chi connectivity index (χ0) is 14.7. The van der Waals surface area contributed by atoms with Crippen LogP contribution in [0.1, 0.15) is 41.1 Å². The van der Waals surface area contributed by atoms with Gasteiger partial charge in [-0.25, -0.2) is 4.79 Å². The largest absolute Gasteiger partial charge is 0.462 e. The van der Waals surface area contributed by atoms with Crippen LogP contribution in [-0.4, -0.2) is 32.1 Å². The summed E-state index contributed by atoms with van der Waals surface area (Å²) in [4.78, 5) is 26.4. The van der Waals surface area contributed by atoms with Crippen molar-refractivity contribution in [3.8, 4) is 0 Å². The highest BCUT2D eigenvalue weighted by molar-refractivity contribution is 7.17. The molecule has 0 saturated heterocycles. The smallest absolute Gasteiger partial charge is 0.341 e. The van der Waals surface area contributed by atoms with E-state index < -0.39 is 0 Å². The highest BCUT2D eigenvalue weighted by Gasteiger charge is 2.29. The lowest BCUT2D eigenvalue weighted by Gasteiger charge is -2.19. The van der Waals surface area contributed by atoms with Gasteiger partial charge in [-0.3, -0.25) is 4.79 Å². The Morgan fingerprint density at radius 2 is 2.15 bits per heavy atom. The molecule has 0 fully saturated rings. The van der Waals surface area contributed by atoms with E-state index in [9.17, 15) is 9.59 Å². The Labute approximate surface area is 122 Å². The van der Waals surface area contributed by atoms with Gasteiger partial charge >= 0.3 is 5.97 Å². The first-order valence-electron chi connectivity index (χ1n) is 6.99. The second kappa shape index (κ2) is 6.37. The summed E-state index contributed by atoms with van der Waals surface area (Å²) < 4.78 is 5.14. The van der Waals surface area contributed by atoms with Crippen molar-refractivity contribution < 1.29 is 19.2 Å². The van der Waals surface area contributed by atoms with E-state index in [1.54, 1.807) is 13.8 Å². The molecule has 0 spiro atoms. The molecule has 1 aromatic rings. The minimum atomic E-state index is -0.323. The summed E-state index contributed by atoms with van der Waals surface area (Å²) in [6.45, 7) is 5.82. The number of carbonyl (C=O) groups excluding carboxylic acids is 2. The summed E-state index contributed by atoms with van der Waals surface area (Å²) in [5, 5.41) is 3.49. The van der Waals surface area contributed by atoms with Crippen LogP contribution in [0.4, 0.5) is 5.00 Å². The molecule has 2 N–H and O–H groups in total. The number of likely N-dealkylation sites (N-methyl/N-ethyl adjacent to an activating group) is 1. The molecule has 1 aliphatic heterocycles. The van der Waals surface area contributed by atoms with Crippen LogP contribution in [-0.2, 0) is 22.5 Å². The molecule has 1 aliphatic rings. The third-order valence-electron chi connectivity index (χ3n) is 3.41. The first-order valence-corrected chi connectivity index (χ1v) is 7.81. The van der Waals surface area contributed by atoms with E-state index in [1.807, 2.05) is 0 Å². The summed E-state index contributed by atoms with van der Waals surface area (Å²) in [5.74, 6) is -0.397. The van der Waals surface area contributed by atoms with Crippen LogP contribution >= 0.6 is 11.3 Å². The zero-order valence-electron chi connectivity index (χ0n) is 12.2. The van der Waals surface area contributed by atoms with Crippen LogP contribution in [0.2, 0.25) is 0 Å². The standard InChI is InChI=1S/C14H20N2O3S/c1-4-11(17)15-13-12(14(18)19-5-2)9-6-7-16(3)8-10(9)20-13/h4-8H2,1-3H3,(H,15,17)/p+1. The lowest BCUT2D eigenvalue weighted by Crippen LogP contribution is -3.08. The highest BCUT2D eigenvalue weighted by atomic mass is 32.1. The van der Waals surface area contributed by atoms with Crippen molar-refractivity contribution in [1.82, 2.24) is 0 Å². The number of ether oxygens (including phenoxy) is 1. The predicted octanol–water partition coefficient (Wildman–Crippen LogP) is 0.844. The van der Waals surface area contributed by atoms with Crippen molar-refractivity contribution >= 4 is 28.2 Å². The number of amides is 1. The maximum Gasteiger partial charge on any atom is 0.341 e. The molecule has 2 rings (SSSR count). The molecule has 1 unspecified atom stereocenters. The van der Waals surface area contributed by atoms with Crippen molar-refractivity contribution in [3.63, 3.8) is 0 Å². The molecule has 1 atom stereocenters. The maximum absolute atomic E-state index is 12.2. The van der Waals surface area contributed by atoms with Crippen LogP contribution in [0.3, 0.4) is 0 Å². The molecule has 0 aromatic carbocycles. The number of anilines is 1. The fourth-order valence-electron chi connectivity index (χ4n) is 2.34. The van der Waals surface area contributed by atoms with Gasteiger partial charge in [0, 0.05) is 12.8 Å². The van der Waals surface area contributed by atoms with E-state index in [4.69, 9.17) is 4.74 Å². The van der Waals surface area contributed by atoms with Crippen molar-refractivity contribution in [2.75, 3.05) is 25.5 Å². The second-order valence-corrected chi connectivity index (χ2v) is 6.07. The molecule has 110 valence electrons. The molecule has 0 aliphatic carbocycles. The Balaban J connectivity index is 2.39. The van der Waals surface area contributed by atoms with Crippen molar-refractivity contribution in [2.45, 2.75) is 33.2 Å². The van der Waals surface area contributed by atoms with Crippen molar-refractivity contribution in [1.29, 1.82) is 0 Å². The number of nitrogens with one attached hydrogen (secondary N) is 2. The summed E-state index contributed by atoms with van der Waals surface area (Å²) >= 11 is 1.51. The average Bonchev–Trinajstić information content (AvgIpc) is 2.75. The summed E-state index contributed by atoms with van der Waals surface area (Å²) in [5.41, 5.74) is 1.63. The zero-order valence-corrected chi connectivity index (χ0v) is 13.0. The molecule has 1 amide bonds. The van der Waals surface area contributed by atoms with Gasteiger partial charge in [-0.2, -0.15) is 0 Å². The van der Waals surface area contributed by atoms with Crippen LogP contribution in [0.25, 0.3) is 0 Å². The Hall–Kier alpha value is -1.40. The minimum Gasteiger partial charge on any atom is -0.462 e. The van der Waals surface area contributed by atoms with Crippen LogP contribution < -0.4 is 10.2 Å². The number of thiophene rings is 1. The first-order chi connectivity index (χ1) is 9.56. The van der Waals surface area contributed by atoms with Crippen molar-refractivity contribution in [2.24, 2.45) is 0 Å². The molecule has 0 bridgehead atoms. The summed E-state index contributed by atoms with van der Waals surface area (Å²) in [6, 6.07) is 0. The van der Waals surface area contributed by atoms with Gasteiger partial charge in [0.15, 0.2) is 0 Å². The van der Waals surface area contributed by atoms with E-state index >= 15 is 0 Å². The molecular formula is C14H21N2O3S+. The number of esters is 1. The third-order valence-corrected chi connectivity index (χ3v) is 4.56. The monoisotopic (exact) mass is 297 g/mol. The van der Waals surface area contributed by atoms with Gasteiger partial charge < -0.3 is 15.0 Å².